The van der Waals surface area contributed by atoms with Gasteiger partial charge in [-0.3, -0.25) is 4.90 Å². The number of hydrogen-bond donors (Lipinski definition) is 3. The quantitative estimate of drug-likeness (QED) is 0.535. The summed E-state index contributed by atoms with van der Waals surface area (Å²) >= 11 is 0. The minimum atomic E-state index is -1.82. The van der Waals surface area contributed by atoms with Gasteiger partial charge in [0.25, 0.3) is 0 Å². The highest BCUT2D eigenvalue weighted by Crippen LogP contribution is 2.21. The lowest BCUT2D eigenvalue weighted by Gasteiger charge is -2.43. The second kappa shape index (κ2) is 8.11. The fourth-order valence-electron chi connectivity index (χ4n) is 2.34. The summed E-state index contributed by atoms with van der Waals surface area (Å²) in [6.07, 6.45) is 0.904. The minimum absolute atomic E-state index is 0.118. The van der Waals surface area contributed by atoms with Crippen molar-refractivity contribution in [3.63, 3.8) is 0 Å². The Bertz CT molecular complexity index is 433. The van der Waals surface area contributed by atoms with Gasteiger partial charge in [0.15, 0.2) is 0 Å². The lowest BCUT2D eigenvalue weighted by atomic mass is 10.0. The SMILES string of the molecule is CC(C)(C)OC(=O)N1CCO[C@H]2CCNC[C@@H]21.O=C(O)C(=O)O. The Hall–Kier alpha value is -1.87. The van der Waals surface area contributed by atoms with E-state index in [0.717, 1.165) is 19.5 Å². The Kier molecular flexibility index (Phi) is 6.77. The number of piperidine rings is 1. The number of carboxylic acid groups (broad SMARTS) is 2. The van der Waals surface area contributed by atoms with Crippen molar-refractivity contribution in [2.75, 3.05) is 26.2 Å². The van der Waals surface area contributed by atoms with E-state index >= 15 is 0 Å². The molecule has 1 amide bonds. The summed E-state index contributed by atoms with van der Waals surface area (Å²) in [5, 5.41) is 18.1. The third-order valence-electron chi connectivity index (χ3n) is 3.26. The molecule has 0 radical (unpaired) electrons. The molecule has 2 aliphatic heterocycles. The summed E-state index contributed by atoms with van der Waals surface area (Å²) in [5.74, 6) is -3.65. The molecule has 0 aliphatic carbocycles. The summed E-state index contributed by atoms with van der Waals surface area (Å²) in [7, 11) is 0. The lowest BCUT2D eigenvalue weighted by Crippen LogP contribution is -2.61. The molecule has 0 bridgehead atoms. The lowest BCUT2D eigenvalue weighted by molar-refractivity contribution is -0.159. The van der Waals surface area contributed by atoms with Crippen molar-refractivity contribution in [2.45, 2.75) is 44.9 Å². The molecule has 0 aromatic heterocycles. The maximum atomic E-state index is 12.1. The van der Waals surface area contributed by atoms with Gasteiger partial charge in [0, 0.05) is 13.1 Å². The molecule has 2 fully saturated rings. The number of fused-ring (bicyclic) bond motifs is 1. The first kappa shape index (κ1) is 19.2. The summed E-state index contributed by atoms with van der Waals surface area (Å²) in [6.45, 7) is 8.66. The Morgan fingerprint density at radius 3 is 2.35 bits per heavy atom. The van der Waals surface area contributed by atoms with Crippen LogP contribution in [0.2, 0.25) is 0 Å². The van der Waals surface area contributed by atoms with Crippen LogP contribution >= 0.6 is 0 Å². The molecule has 0 saturated carbocycles. The molecular weight excluding hydrogens is 308 g/mol. The van der Waals surface area contributed by atoms with Crippen LogP contribution in [0.1, 0.15) is 27.2 Å². The molecule has 132 valence electrons. The van der Waals surface area contributed by atoms with Gasteiger partial charge in [0.2, 0.25) is 0 Å². The van der Waals surface area contributed by atoms with Crippen molar-refractivity contribution in [2.24, 2.45) is 0 Å². The van der Waals surface area contributed by atoms with Crippen molar-refractivity contribution in [1.29, 1.82) is 0 Å². The smallest absolute Gasteiger partial charge is 0.414 e. The highest BCUT2D eigenvalue weighted by Gasteiger charge is 2.38. The Morgan fingerprint density at radius 1 is 1.22 bits per heavy atom. The number of aliphatic carboxylic acids is 2. The maximum absolute atomic E-state index is 12.1. The summed E-state index contributed by atoms with van der Waals surface area (Å²) < 4.78 is 11.1. The third-order valence-corrected chi connectivity index (χ3v) is 3.26. The van der Waals surface area contributed by atoms with Crippen LogP contribution in [-0.2, 0) is 19.1 Å². The first-order valence-electron chi connectivity index (χ1n) is 7.40. The summed E-state index contributed by atoms with van der Waals surface area (Å²) in [5.41, 5.74) is -0.438. The van der Waals surface area contributed by atoms with E-state index in [1.54, 1.807) is 0 Å². The van der Waals surface area contributed by atoms with Crippen LogP contribution < -0.4 is 5.32 Å². The van der Waals surface area contributed by atoms with Gasteiger partial charge in [0.1, 0.15) is 5.60 Å². The predicted molar refractivity (Wildman–Crippen MR) is 79.2 cm³/mol. The van der Waals surface area contributed by atoms with Crippen molar-refractivity contribution < 1.29 is 34.1 Å². The van der Waals surface area contributed by atoms with Crippen molar-refractivity contribution >= 4 is 18.0 Å². The molecule has 9 heteroatoms. The molecule has 0 spiro atoms. The number of ether oxygens (including phenoxy) is 2. The van der Waals surface area contributed by atoms with Crippen LogP contribution in [0.3, 0.4) is 0 Å². The average Bonchev–Trinajstić information content (AvgIpc) is 2.45. The number of nitrogens with one attached hydrogen (secondary N) is 1. The highest BCUT2D eigenvalue weighted by molar-refractivity contribution is 6.27. The maximum Gasteiger partial charge on any atom is 0.414 e. The normalized spacial score (nSPS) is 23.9. The van der Waals surface area contributed by atoms with E-state index in [2.05, 4.69) is 5.32 Å². The molecule has 2 rings (SSSR count). The zero-order valence-corrected chi connectivity index (χ0v) is 13.6. The molecule has 2 heterocycles. The van der Waals surface area contributed by atoms with E-state index in [0.29, 0.717) is 13.2 Å². The van der Waals surface area contributed by atoms with Crippen LogP contribution in [0, 0.1) is 0 Å². The number of rotatable bonds is 0. The number of morpholine rings is 1. The molecule has 23 heavy (non-hydrogen) atoms. The van der Waals surface area contributed by atoms with Gasteiger partial charge in [-0.25, -0.2) is 14.4 Å². The van der Waals surface area contributed by atoms with Gasteiger partial charge < -0.3 is 25.0 Å². The monoisotopic (exact) mass is 332 g/mol. The van der Waals surface area contributed by atoms with E-state index in [1.807, 2.05) is 25.7 Å². The minimum Gasteiger partial charge on any atom is -0.473 e. The number of amides is 1. The second-order valence-electron chi connectivity index (χ2n) is 6.25. The number of hydrogen-bond acceptors (Lipinski definition) is 6. The van der Waals surface area contributed by atoms with Crippen LogP contribution in [0.5, 0.6) is 0 Å². The van der Waals surface area contributed by atoms with Gasteiger partial charge in [-0.2, -0.15) is 0 Å². The predicted octanol–water partition coefficient (Wildman–Crippen LogP) is 0.140. The molecular formula is C14H24N2O7. The van der Waals surface area contributed by atoms with E-state index in [-0.39, 0.29) is 18.2 Å². The molecule has 3 N–H and O–H groups in total. The van der Waals surface area contributed by atoms with Crippen LogP contribution in [0.4, 0.5) is 4.79 Å². The van der Waals surface area contributed by atoms with Gasteiger partial charge in [-0.15, -0.1) is 0 Å². The van der Waals surface area contributed by atoms with Crippen molar-refractivity contribution in [3.05, 3.63) is 0 Å². The first-order chi connectivity index (χ1) is 10.6. The molecule has 0 aromatic carbocycles. The standard InChI is InChI=1S/C12H22N2O3.C2H2O4/c1-12(2,3)17-11(15)14-6-7-16-10-4-5-13-8-9(10)14;3-1(4)2(5)6/h9-10,13H,4-8H2,1-3H3;(H,3,4)(H,5,6)/t9-,10-;/m0./s1. The Labute approximate surface area is 134 Å². The van der Waals surface area contributed by atoms with Gasteiger partial charge in [0.05, 0.1) is 18.8 Å². The van der Waals surface area contributed by atoms with Gasteiger partial charge >= 0.3 is 18.0 Å². The van der Waals surface area contributed by atoms with E-state index in [9.17, 15) is 4.79 Å². The molecule has 2 aliphatic rings. The molecule has 0 unspecified atom stereocenters. The second-order valence-corrected chi connectivity index (χ2v) is 6.25. The van der Waals surface area contributed by atoms with Crippen LogP contribution in [-0.4, -0.2) is 77.1 Å². The fourth-order valence-corrected chi connectivity index (χ4v) is 2.34. The van der Waals surface area contributed by atoms with Crippen molar-refractivity contribution in [1.82, 2.24) is 10.2 Å². The summed E-state index contributed by atoms with van der Waals surface area (Å²) in [6, 6.07) is 0.118. The Balaban J connectivity index is 0.000000379. The molecule has 9 nitrogen and oxygen atoms in total. The summed E-state index contributed by atoms with van der Waals surface area (Å²) in [4.78, 5) is 32.1. The van der Waals surface area contributed by atoms with E-state index in [4.69, 9.17) is 29.3 Å². The van der Waals surface area contributed by atoms with Crippen LogP contribution in [0.25, 0.3) is 0 Å². The first-order valence-corrected chi connectivity index (χ1v) is 7.40. The van der Waals surface area contributed by atoms with Crippen LogP contribution in [0.15, 0.2) is 0 Å². The number of carbonyl (C=O) groups is 3. The molecule has 0 aromatic rings. The topological polar surface area (TPSA) is 125 Å². The Morgan fingerprint density at radius 2 is 1.83 bits per heavy atom. The van der Waals surface area contributed by atoms with E-state index in [1.165, 1.54) is 0 Å². The van der Waals surface area contributed by atoms with Crippen molar-refractivity contribution in [3.8, 4) is 0 Å². The molecule has 2 atom stereocenters. The molecule has 2 saturated heterocycles. The number of carbonyl (C=O) groups excluding carboxylic acids is 1. The highest BCUT2D eigenvalue weighted by atomic mass is 16.6. The van der Waals surface area contributed by atoms with Gasteiger partial charge in [-0.05, 0) is 33.7 Å². The zero-order chi connectivity index (χ0) is 17.6. The fraction of sp³-hybridized carbons (Fsp3) is 0.786. The number of nitrogens with zero attached hydrogens (tertiary/aromatic N) is 1. The largest absolute Gasteiger partial charge is 0.473 e. The third kappa shape index (κ3) is 6.41. The number of carboxylic acids is 2. The zero-order valence-electron chi connectivity index (χ0n) is 13.6. The van der Waals surface area contributed by atoms with E-state index < -0.39 is 17.5 Å². The van der Waals surface area contributed by atoms with Gasteiger partial charge in [-0.1, -0.05) is 0 Å². The average molecular weight is 332 g/mol.